The number of esters is 1. The molecule has 0 unspecified atom stereocenters. The van der Waals surface area contributed by atoms with Crippen molar-refractivity contribution in [1.82, 2.24) is 0 Å². The Bertz CT molecular complexity index is 460. The maximum absolute atomic E-state index is 11.0. The lowest BCUT2D eigenvalue weighted by Crippen LogP contribution is -2.00. The van der Waals surface area contributed by atoms with Crippen LogP contribution in [-0.2, 0) is 9.53 Å². The summed E-state index contributed by atoms with van der Waals surface area (Å²) in [5.74, 6) is -1.34. The SMILES string of the molecule is COC(=O)CC=Cc1cc(C)ccc1C(=O)O. The van der Waals surface area contributed by atoms with Crippen LogP contribution in [0.4, 0.5) is 0 Å². The smallest absolute Gasteiger partial charge is 0.336 e. The highest BCUT2D eigenvalue weighted by Gasteiger charge is 2.07. The standard InChI is InChI=1S/C13H14O4/c1-9-6-7-11(13(15)16)10(8-9)4-3-5-12(14)17-2/h3-4,6-8H,5H2,1-2H3,(H,15,16). The molecule has 4 heteroatoms. The molecule has 4 nitrogen and oxygen atoms in total. The number of aromatic carboxylic acids is 1. The Labute approximate surface area is 99.5 Å². The Morgan fingerprint density at radius 1 is 1.41 bits per heavy atom. The first-order valence-corrected chi connectivity index (χ1v) is 5.12. The zero-order valence-electron chi connectivity index (χ0n) is 9.77. The summed E-state index contributed by atoms with van der Waals surface area (Å²) in [6, 6.07) is 5.05. The summed E-state index contributed by atoms with van der Waals surface area (Å²) < 4.78 is 4.48. The van der Waals surface area contributed by atoms with Crippen molar-refractivity contribution in [1.29, 1.82) is 0 Å². The number of methoxy groups -OCH3 is 1. The van der Waals surface area contributed by atoms with Crippen LogP contribution >= 0.6 is 0 Å². The monoisotopic (exact) mass is 234 g/mol. The van der Waals surface area contributed by atoms with Gasteiger partial charge >= 0.3 is 11.9 Å². The second-order valence-electron chi connectivity index (χ2n) is 3.58. The third kappa shape index (κ3) is 3.75. The maximum atomic E-state index is 11.0. The van der Waals surface area contributed by atoms with E-state index in [2.05, 4.69) is 4.74 Å². The van der Waals surface area contributed by atoms with Crippen LogP contribution < -0.4 is 0 Å². The average Bonchev–Trinajstić information content (AvgIpc) is 2.28. The lowest BCUT2D eigenvalue weighted by atomic mass is 10.0. The molecule has 1 rings (SSSR count). The highest BCUT2D eigenvalue weighted by atomic mass is 16.5. The van der Waals surface area contributed by atoms with Crippen LogP contribution in [0.2, 0.25) is 0 Å². The predicted molar refractivity (Wildman–Crippen MR) is 63.8 cm³/mol. The van der Waals surface area contributed by atoms with Crippen LogP contribution in [0.15, 0.2) is 24.3 Å². The number of ether oxygens (including phenoxy) is 1. The number of carbonyl (C=O) groups excluding carboxylic acids is 1. The quantitative estimate of drug-likeness (QED) is 0.812. The molecule has 1 aromatic rings. The minimum absolute atomic E-state index is 0.128. The van der Waals surface area contributed by atoms with Gasteiger partial charge in [0.2, 0.25) is 0 Å². The molecular weight excluding hydrogens is 220 g/mol. The minimum atomic E-state index is -0.984. The fourth-order valence-electron chi connectivity index (χ4n) is 1.38. The molecule has 1 aromatic carbocycles. The Morgan fingerprint density at radius 2 is 2.12 bits per heavy atom. The summed E-state index contributed by atoms with van der Waals surface area (Å²) in [5, 5.41) is 8.99. The Balaban J connectivity index is 2.92. The first-order chi connectivity index (χ1) is 8.04. The maximum Gasteiger partial charge on any atom is 0.336 e. The van der Waals surface area contributed by atoms with E-state index in [1.54, 1.807) is 30.4 Å². The van der Waals surface area contributed by atoms with Gasteiger partial charge in [0, 0.05) is 0 Å². The molecule has 0 bridgehead atoms. The fourth-order valence-corrected chi connectivity index (χ4v) is 1.38. The van der Waals surface area contributed by atoms with Gasteiger partial charge in [0.25, 0.3) is 0 Å². The van der Waals surface area contributed by atoms with Gasteiger partial charge in [-0.25, -0.2) is 4.79 Å². The molecule has 0 atom stereocenters. The molecular formula is C13H14O4. The lowest BCUT2D eigenvalue weighted by molar-refractivity contribution is -0.139. The number of hydrogen-bond acceptors (Lipinski definition) is 3. The third-order valence-corrected chi connectivity index (χ3v) is 2.25. The number of aryl methyl sites for hydroxylation is 1. The van der Waals surface area contributed by atoms with Crippen molar-refractivity contribution in [2.45, 2.75) is 13.3 Å². The van der Waals surface area contributed by atoms with Gasteiger partial charge in [-0.15, -0.1) is 0 Å². The van der Waals surface area contributed by atoms with E-state index in [4.69, 9.17) is 5.11 Å². The molecule has 0 aromatic heterocycles. The van der Waals surface area contributed by atoms with Gasteiger partial charge in [-0.05, 0) is 18.6 Å². The second-order valence-corrected chi connectivity index (χ2v) is 3.58. The van der Waals surface area contributed by atoms with Crippen molar-refractivity contribution in [3.8, 4) is 0 Å². The number of carbonyl (C=O) groups is 2. The van der Waals surface area contributed by atoms with Crippen molar-refractivity contribution < 1.29 is 19.4 Å². The van der Waals surface area contributed by atoms with E-state index in [1.165, 1.54) is 7.11 Å². The van der Waals surface area contributed by atoms with Crippen LogP contribution in [-0.4, -0.2) is 24.2 Å². The van der Waals surface area contributed by atoms with Crippen LogP contribution in [0.1, 0.15) is 27.9 Å². The van der Waals surface area contributed by atoms with Gasteiger partial charge in [0.1, 0.15) is 0 Å². The van der Waals surface area contributed by atoms with Gasteiger partial charge in [0.05, 0.1) is 19.1 Å². The molecule has 0 radical (unpaired) electrons. The Kier molecular flexibility index (Phi) is 4.46. The number of carboxylic acid groups (broad SMARTS) is 1. The van der Waals surface area contributed by atoms with Gasteiger partial charge in [-0.2, -0.15) is 0 Å². The van der Waals surface area contributed by atoms with Crippen LogP contribution in [0.3, 0.4) is 0 Å². The second kappa shape index (κ2) is 5.84. The van der Waals surface area contributed by atoms with E-state index in [-0.39, 0.29) is 18.0 Å². The van der Waals surface area contributed by atoms with E-state index < -0.39 is 5.97 Å². The molecule has 0 aliphatic rings. The van der Waals surface area contributed by atoms with E-state index in [0.717, 1.165) is 5.56 Å². The van der Waals surface area contributed by atoms with Crippen LogP contribution in [0, 0.1) is 6.92 Å². The van der Waals surface area contributed by atoms with Gasteiger partial charge in [-0.1, -0.05) is 29.8 Å². The Hall–Kier alpha value is -2.10. The first kappa shape index (κ1) is 13.0. The number of benzene rings is 1. The molecule has 0 heterocycles. The fraction of sp³-hybridized carbons (Fsp3) is 0.231. The summed E-state index contributed by atoms with van der Waals surface area (Å²) in [4.78, 5) is 21.9. The van der Waals surface area contributed by atoms with E-state index in [0.29, 0.717) is 5.56 Å². The van der Waals surface area contributed by atoms with Crippen LogP contribution in [0.25, 0.3) is 6.08 Å². The van der Waals surface area contributed by atoms with E-state index >= 15 is 0 Å². The first-order valence-electron chi connectivity index (χ1n) is 5.12. The largest absolute Gasteiger partial charge is 0.478 e. The zero-order chi connectivity index (χ0) is 12.8. The van der Waals surface area contributed by atoms with E-state index in [1.807, 2.05) is 6.92 Å². The van der Waals surface area contributed by atoms with Crippen molar-refractivity contribution >= 4 is 18.0 Å². The number of hydrogen-bond donors (Lipinski definition) is 1. The summed E-state index contributed by atoms with van der Waals surface area (Å²) in [6.07, 6.45) is 3.34. The number of carboxylic acids is 1. The average molecular weight is 234 g/mol. The highest BCUT2D eigenvalue weighted by molar-refractivity contribution is 5.92. The topological polar surface area (TPSA) is 63.6 Å². The molecule has 0 aliphatic heterocycles. The van der Waals surface area contributed by atoms with Gasteiger partial charge < -0.3 is 9.84 Å². The molecule has 1 N–H and O–H groups in total. The molecule has 17 heavy (non-hydrogen) atoms. The normalized spacial score (nSPS) is 10.5. The molecule has 0 fully saturated rings. The van der Waals surface area contributed by atoms with Gasteiger partial charge in [-0.3, -0.25) is 4.79 Å². The molecule has 0 saturated heterocycles. The zero-order valence-corrected chi connectivity index (χ0v) is 9.77. The Morgan fingerprint density at radius 3 is 2.71 bits per heavy atom. The molecule has 0 saturated carbocycles. The highest BCUT2D eigenvalue weighted by Crippen LogP contribution is 2.14. The summed E-state index contributed by atoms with van der Waals surface area (Å²) >= 11 is 0. The molecule has 90 valence electrons. The number of rotatable bonds is 4. The third-order valence-electron chi connectivity index (χ3n) is 2.25. The minimum Gasteiger partial charge on any atom is -0.478 e. The summed E-state index contributed by atoms with van der Waals surface area (Å²) in [6.45, 7) is 1.88. The summed E-state index contributed by atoms with van der Waals surface area (Å²) in [5.41, 5.74) is 1.77. The van der Waals surface area contributed by atoms with E-state index in [9.17, 15) is 9.59 Å². The molecule has 0 amide bonds. The molecule has 0 aliphatic carbocycles. The predicted octanol–water partition coefficient (Wildman–Crippen LogP) is 2.27. The van der Waals surface area contributed by atoms with Crippen molar-refractivity contribution in [3.63, 3.8) is 0 Å². The van der Waals surface area contributed by atoms with Crippen molar-refractivity contribution in [3.05, 3.63) is 41.0 Å². The molecule has 0 spiro atoms. The van der Waals surface area contributed by atoms with Crippen molar-refractivity contribution in [2.24, 2.45) is 0 Å². The van der Waals surface area contributed by atoms with Crippen molar-refractivity contribution in [2.75, 3.05) is 7.11 Å². The van der Waals surface area contributed by atoms with Crippen LogP contribution in [0.5, 0.6) is 0 Å². The summed E-state index contributed by atoms with van der Waals surface area (Å²) in [7, 11) is 1.31. The lowest BCUT2D eigenvalue weighted by Gasteiger charge is -2.02. The van der Waals surface area contributed by atoms with Gasteiger partial charge in [0.15, 0.2) is 0 Å².